The molecule has 0 saturated carbocycles. The minimum Gasteiger partial charge on any atom is -0.485 e. The Labute approximate surface area is 106 Å². The fourth-order valence-electron chi connectivity index (χ4n) is 1.72. The van der Waals surface area contributed by atoms with E-state index in [1.165, 1.54) is 5.56 Å². The summed E-state index contributed by atoms with van der Waals surface area (Å²) in [6.45, 7) is 6.65. The standard InChI is InChI=1S/C13H17N3O2/c1-8-4-5-9(2)13(10(8)3)17-7-11-15-12(6-14)18-16-11/h4-5H,6-7,14H2,1-3H3. The van der Waals surface area contributed by atoms with Crippen molar-refractivity contribution in [2.45, 2.75) is 33.9 Å². The Balaban J connectivity index is 2.12. The molecule has 0 amide bonds. The van der Waals surface area contributed by atoms with Crippen LogP contribution >= 0.6 is 0 Å². The molecule has 96 valence electrons. The van der Waals surface area contributed by atoms with E-state index < -0.39 is 0 Å². The van der Waals surface area contributed by atoms with E-state index in [0.717, 1.165) is 16.9 Å². The van der Waals surface area contributed by atoms with Gasteiger partial charge in [-0.25, -0.2) is 0 Å². The van der Waals surface area contributed by atoms with Gasteiger partial charge in [-0.15, -0.1) is 0 Å². The molecule has 0 aliphatic carbocycles. The molecule has 2 N–H and O–H groups in total. The minimum atomic E-state index is 0.246. The highest BCUT2D eigenvalue weighted by Gasteiger charge is 2.09. The van der Waals surface area contributed by atoms with Gasteiger partial charge < -0.3 is 15.0 Å². The predicted octanol–water partition coefficient (Wildman–Crippen LogP) is 2.03. The first-order valence-electron chi connectivity index (χ1n) is 5.83. The lowest BCUT2D eigenvalue weighted by Gasteiger charge is -2.12. The molecule has 5 heteroatoms. The molecule has 1 aromatic carbocycles. The summed E-state index contributed by atoms with van der Waals surface area (Å²) in [4.78, 5) is 4.10. The van der Waals surface area contributed by atoms with Gasteiger partial charge in [0.05, 0.1) is 6.54 Å². The second-order valence-electron chi connectivity index (χ2n) is 4.25. The van der Waals surface area contributed by atoms with Gasteiger partial charge in [-0.3, -0.25) is 0 Å². The fourth-order valence-corrected chi connectivity index (χ4v) is 1.72. The molecule has 1 heterocycles. The van der Waals surface area contributed by atoms with E-state index in [2.05, 4.69) is 23.1 Å². The molecule has 0 aliphatic heterocycles. The Morgan fingerprint density at radius 3 is 2.61 bits per heavy atom. The zero-order valence-electron chi connectivity index (χ0n) is 10.9. The van der Waals surface area contributed by atoms with Crippen LogP contribution in [0.2, 0.25) is 0 Å². The number of rotatable bonds is 4. The van der Waals surface area contributed by atoms with Gasteiger partial charge in [-0.2, -0.15) is 4.98 Å². The molecule has 0 unspecified atom stereocenters. The highest BCUT2D eigenvalue weighted by Crippen LogP contribution is 2.26. The van der Waals surface area contributed by atoms with Crippen LogP contribution in [0, 0.1) is 20.8 Å². The molecule has 1 aromatic heterocycles. The van der Waals surface area contributed by atoms with Gasteiger partial charge in [-0.05, 0) is 37.5 Å². The van der Waals surface area contributed by atoms with E-state index in [9.17, 15) is 0 Å². The Hall–Kier alpha value is -1.88. The summed E-state index contributed by atoms with van der Waals surface area (Å²) in [5, 5.41) is 3.79. The Kier molecular flexibility index (Phi) is 3.62. The smallest absolute Gasteiger partial charge is 0.240 e. The van der Waals surface area contributed by atoms with E-state index in [0.29, 0.717) is 11.7 Å². The van der Waals surface area contributed by atoms with Crippen LogP contribution in [-0.2, 0) is 13.2 Å². The number of hydrogen-bond acceptors (Lipinski definition) is 5. The quantitative estimate of drug-likeness (QED) is 0.894. The van der Waals surface area contributed by atoms with Crippen molar-refractivity contribution in [2.75, 3.05) is 0 Å². The maximum absolute atomic E-state index is 5.77. The van der Waals surface area contributed by atoms with E-state index in [1.807, 2.05) is 19.9 Å². The van der Waals surface area contributed by atoms with Crippen LogP contribution < -0.4 is 10.5 Å². The zero-order valence-corrected chi connectivity index (χ0v) is 10.9. The molecule has 2 aromatic rings. The number of aromatic nitrogens is 2. The lowest BCUT2D eigenvalue weighted by Crippen LogP contribution is -2.02. The van der Waals surface area contributed by atoms with E-state index in [-0.39, 0.29) is 13.2 Å². The summed E-state index contributed by atoms with van der Waals surface area (Å²) in [7, 11) is 0. The summed E-state index contributed by atoms with van der Waals surface area (Å²) in [5.74, 6) is 1.82. The van der Waals surface area contributed by atoms with Crippen LogP contribution in [0.25, 0.3) is 0 Å². The number of nitrogens with two attached hydrogens (primary N) is 1. The SMILES string of the molecule is Cc1ccc(C)c(OCc2noc(CN)n2)c1C. The Morgan fingerprint density at radius 1 is 1.22 bits per heavy atom. The third kappa shape index (κ3) is 2.51. The van der Waals surface area contributed by atoms with Gasteiger partial charge in [0.25, 0.3) is 0 Å². The number of hydrogen-bond donors (Lipinski definition) is 1. The van der Waals surface area contributed by atoms with Crippen LogP contribution in [0.15, 0.2) is 16.7 Å². The van der Waals surface area contributed by atoms with Crippen molar-refractivity contribution in [3.8, 4) is 5.75 Å². The van der Waals surface area contributed by atoms with Gasteiger partial charge in [0.2, 0.25) is 11.7 Å². The van der Waals surface area contributed by atoms with Crippen molar-refractivity contribution in [3.05, 3.63) is 40.5 Å². The minimum absolute atomic E-state index is 0.246. The van der Waals surface area contributed by atoms with Crippen LogP contribution in [0.5, 0.6) is 5.75 Å². The topological polar surface area (TPSA) is 74.2 Å². The number of benzene rings is 1. The summed E-state index contributed by atoms with van der Waals surface area (Å²) >= 11 is 0. The lowest BCUT2D eigenvalue weighted by molar-refractivity contribution is 0.281. The maximum atomic E-state index is 5.77. The molecule has 18 heavy (non-hydrogen) atoms. The molecule has 0 radical (unpaired) electrons. The lowest BCUT2D eigenvalue weighted by atomic mass is 10.1. The Bertz CT molecular complexity index is 549. The molecule has 0 spiro atoms. The Morgan fingerprint density at radius 2 is 1.94 bits per heavy atom. The van der Waals surface area contributed by atoms with Crippen LogP contribution in [0.4, 0.5) is 0 Å². The van der Waals surface area contributed by atoms with Gasteiger partial charge in [-0.1, -0.05) is 17.3 Å². The first kappa shape index (κ1) is 12.6. The molecule has 0 aliphatic rings. The van der Waals surface area contributed by atoms with Crippen molar-refractivity contribution >= 4 is 0 Å². The van der Waals surface area contributed by atoms with E-state index in [1.54, 1.807) is 0 Å². The van der Waals surface area contributed by atoms with E-state index >= 15 is 0 Å². The van der Waals surface area contributed by atoms with Crippen molar-refractivity contribution in [1.29, 1.82) is 0 Å². The third-order valence-corrected chi connectivity index (χ3v) is 2.90. The molecular weight excluding hydrogens is 230 g/mol. The third-order valence-electron chi connectivity index (χ3n) is 2.90. The predicted molar refractivity (Wildman–Crippen MR) is 67.2 cm³/mol. The summed E-state index contributed by atoms with van der Waals surface area (Å²) < 4.78 is 10.7. The first-order valence-corrected chi connectivity index (χ1v) is 5.83. The van der Waals surface area contributed by atoms with Gasteiger partial charge >= 0.3 is 0 Å². The average Bonchev–Trinajstić information content (AvgIpc) is 2.82. The van der Waals surface area contributed by atoms with Crippen LogP contribution in [0.3, 0.4) is 0 Å². The highest BCUT2D eigenvalue weighted by atomic mass is 16.5. The van der Waals surface area contributed by atoms with Crippen molar-refractivity contribution in [3.63, 3.8) is 0 Å². The van der Waals surface area contributed by atoms with Crippen molar-refractivity contribution in [1.82, 2.24) is 10.1 Å². The second kappa shape index (κ2) is 5.18. The van der Waals surface area contributed by atoms with Gasteiger partial charge in [0.15, 0.2) is 6.61 Å². The molecule has 0 saturated heterocycles. The molecule has 0 atom stereocenters. The van der Waals surface area contributed by atoms with E-state index in [4.69, 9.17) is 15.0 Å². The number of ether oxygens (including phenoxy) is 1. The molecule has 5 nitrogen and oxygen atoms in total. The highest BCUT2D eigenvalue weighted by molar-refractivity contribution is 5.44. The number of aryl methyl sites for hydroxylation is 2. The normalized spacial score (nSPS) is 10.7. The molecule has 0 fully saturated rings. The maximum Gasteiger partial charge on any atom is 0.240 e. The van der Waals surface area contributed by atoms with Crippen LogP contribution in [-0.4, -0.2) is 10.1 Å². The second-order valence-corrected chi connectivity index (χ2v) is 4.25. The number of nitrogens with zero attached hydrogens (tertiary/aromatic N) is 2. The average molecular weight is 247 g/mol. The summed E-state index contributed by atoms with van der Waals surface area (Å²) in [6, 6.07) is 4.12. The zero-order chi connectivity index (χ0) is 13.1. The summed E-state index contributed by atoms with van der Waals surface area (Å²) in [5.41, 5.74) is 8.84. The summed E-state index contributed by atoms with van der Waals surface area (Å²) in [6.07, 6.45) is 0. The molecular formula is C13H17N3O2. The van der Waals surface area contributed by atoms with Gasteiger partial charge in [0.1, 0.15) is 5.75 Å². The van der Waals surface area contributed by atoms with Gasteiger partial charge in [0, 0.05) is 0 Å². The molecule has 0 bridgehead atoms. The molecule has 2 rings (SSSR count). The van der Waals surface area contributed by atoms with Crippen molar-refractivity contribution < 1.29 is 9.26 Å². The van der Waals surface area contributed by atoms with Crippen LogP contribution in [0.1, 0.15) is 28.4 Å². The fraction of sp³-hybridized carbons (Fsp3) is 0.385. The first-order chi connectivity index (χ1) is 8.61. The monoisotopic (exact) mass is 247 g/mol. The van der Waals surface area contributed by atoms with Crippen molar-refractivity contribution in [2.24, 2.45) is 5.73 Å². The largest absolute Gasteiger partial charge is 0.485 e.